The zero-order chi connectivity index (χ0) is 23.2. The van der Waals surface area contributed by atoms with Crippen molar-refractivity contribution in [3.05, 3.63) is 99.4 Å². The number of aryl methyl sites for hydroxylation is 1. The van der Waals surface area contributed by atoms with Crippen molar-refractivity contribution in [3.63, 3.8) is 0 Å². The second kappa shape index (κ2) is 10.6. The molecule has 1 aliphatic rings. The molecule has 5 nitrogen and oxygen atoms in total. The van der Waals surface area contributed by atoms with Crippen LogP contribution in [0.5, 0.6) is 11.5 Å². The van der Waals surface area contributed by atoms with Gasteiger partial charge >= 0.3 is 0 Å². The topological polar surface area (TPSA) is 55.8 Å². The highest BCUT2D eigenvalue weighted by molar-refractivity contribution is 8.18. The number of carbonyl (C=O) groups is 2. The van der Waals surface area contributed by atoms with Crippen LogP contribution in [0.25, 0.3) is 6.08 Å². The van der Waals surface area contributed by atoms with Gasteiger partial charge < -0.3 is 9.47 Å². The number of benzene rings is 3. The minimum absolute atomic E-state index is 0.177. The van der Waals surface area contributed by atoms with Gasteiger partial charge in [0.15, 0.2) is 0 Å². The third-order valence-electron chi connectivity index (χ3n) is 5.10. The van der Waals surface area contributed by atoms with Crippen LogP contribution in [-0.4, -0.2) is 29.2 Å². The van der Waals surface area contributed by atoms with Gasteiger partial charge in [-0.2, -0.15) is 0 Å². The summed E-state index contributed by atoms with van der Waals surface area (Å²) in [6, 6.07) is 22.5. The monoisotopic (exact) mass is 479 g/mol. The smallest absolute Gasteiger partial charge is 0.293 e. The molecule has 0 unspecified atom stereocenters. The summed E-state index contributed by atoms with van der Waals surface area (Å²) in [6.07, 6.45) is 1.72. The highest BCUT2D eigenvalue weighted by Crippen LogP contribution is 2.32. The molecule has 0 N–H and O–H groups in total. The fraction of sp³-hybridized carbons (Fsp3) is 0.154. The Morgan fingerprint density at radius 3 is 2.30 bits per heavy atom. The third kappa shape index (κ3) is 5.97. The van der Waals surface area contributed by atoms with Crippen LogP contribution in [0.3, 0.4) is 0 Å². The molecule has 2 amide bonds. The Labute approximate surface area is 202 Å². The zero-order valence-electron chi connectivity index (χ0n) is 18.0. The standard InChI is InChI=1S/C26H22ClNO4S/c1-18-4-2-3-5-20(18)17-32-23-10-6-19(7-11-23)16-24-25(29)28(26(30)33-24)14-15-31-22-12-8-21(27)9-13-22/h2-13,16H,14-15,17H2,1H3/b24-16-. The SMILES string of the molecule is Cc1ccccc1COc1ccc(/C=C2\SC(=O)N(CCOc3ccc(Cl)cc3)C2=O)cc1. The van der Waals surface area contributed by atoms with Crippen molar-refractivity contribution in [3.8, 4) is 11.5 Å². The second-order valence-corrected chi connectivity index (χ2v) is 8.85. The molecule has 0 bridgehead atoms. The lowest BCUT2D eigenvalue weighted by Crippen LogP contribution is -2.32. The maximum absolute atomic E-state index is 12.7. The first kappa shape index (κ1) is 23.0. The second-order valence-electron chi connectivity index (χ2n) is 7.42. The van der Waals surface area contributed by atoms with Gasteiger partial charge in [0.1, 0.15) is 24.7 Å². The van der Waals surface area contributed by atoms with E-state index >= 15 is 0 Å². The summed E-state index contributed by atoms with van der Waals surface area (Å²) < 4.78 is 11.5. The largest absolute Gasteiger partial charge is 0.492 e. The number of ether oxygens (including phenoxy) is 2. The molecule has 4 rings (SSSR count). The summed E-state index contributed by atoms with van der Waals surface area (Å²) in [5.74, 6) is 1.05. The average Bonchev–Trinajstić information content (AvgIpc) is 3.08. The van der Waals surface area contributed by atoms with Crippen LogP contribution < -0.4 is 9.47 Å². The van der Waals surface area contributed by atoms with E-state index in [0.717, 1.165) is 28.6 Å². The van der Waals surface area contributed by atoms with E-state index in [-0.39, 0.29) is 24.3 Å². The normalized spacial score (nSPS) is 14.7. The molecule has 0 spiro atoms. The predicted molar refractivity (Wildman–Crippen MR) is 132 cm³/mol. The van der Waals surface area contributed by atoms with E-state index in [9.17, 15) is 9.59 Å². The van der Waals surface area contributed by atoms with Crippen LogP contribution in [0.15, 0.2) is 77.7 Å². The predicted octanol–water partition coefficient (Wildman–Crippen LogP) is 6.34. The number of carbonyl (C=O) groups excluding carboxylic acids is 2. The van der Waals surface area contributed by atoms with Gasteiger partial charge in [-0.1, -0.05) is 48.0 Å². The fourth-order valence-corrected chi connectivity index (χ4v) is 4.21. The van der Waals surface area contributed by atoms with Crippen LogP contribution in [0.1, 0.15) is 16.7 Å². The van der Waals surface area contributed by atoms with Gasteiger partial charge in [0.2, 0.25) is 0 Å². The number of nitrogens with zero attached hydrogens (tertiary/aromatic N) is 1. The number of amides is 2. The Balaban J connectivity index is 1.32. The van der Waals surface area contributed by atoms with Gasteiger partial charge in [-0.25, -0.2) is 0 Å². The van der Waals surface area contributed by atoms with Crippen molar-refractivity contribution in [2.75, 3.05) is 13.2 Å². The minimum Gasteiger partial charge on any atom is -0.492 e. The number of hydrogen-bond donors (Lipinski definition) is 0. The maximum atomic E-state index is 12.7. The highest BCUT2D eigenvalue weighted by Gasteiger charge is 2.34. The Bertz CT molecular complexity index is 1180. The summed E-state index contributed by atoms with van der Waals surface area (Å²) in [5.41, 5.74) is 3.14. The molecule has 33 heavy (non-hydrogen) atoms. The third-order valence-corrected chi connectivity index (χ3v) is 6.26. The Morgan fingerprint density at radius 1 is 0.909 bits per heavy atom. The van der Waals surface area contributed by atoms with Crippen LogP contribution in [0.2, 0.25) is 5.02 Å². The fourth-order valence-electron chi connectivity index (χ4n) is 3.22. The van der Waals surface area contributed by atoms with Crippen molar-refractivity contribution in [2.45, 2.75) is 13.5 Å². The molecule has 3 aromatic carbocycles. The van der Waals surface area contributed by atoms with Crippen LogP contribution in [-0.2, 0) is 11.4 Å². The van der Waals surface area contributed by atoms with E-state index in [1.807, 2.05) is 42.5 Å². The molecule has 0 aromatic heterocycles. The average molecular weight is 480 g/mol. The van der Waals surface area contributed by atoms with Crippen molar-refractivity contribution >= 4 is 40.6 Å². The molecule has 1 fully saturated rings. The Morgan fingerprint density at radius 2 is 1.58 bits per heavy atom. The number of thioether (sulfide) groups is 1. The number of imide groups is 1. The van der Waals surface area contributed by atoms with E-state index in [1.54, 1.807) is 30.3 Å². The molecular formula is C26H22ClNO4S. The van der Waals surface area contributed by atoms with Gasteiger partial charge in [0.05, 0.1) is 11.4 Å². The molecule has 0 atom stereocenters. The lowest BCUT2D eigenvalue weighted by Gasteiger charge is -2.13. The van der Waals surface area contributed by atoms with Gasteiger partial charge in [0.25, 0.3) is 11.1 Å². The van der Waals surface area contributed by atoms with Gasteiger partial charge in [0, 0.05) is 5.02 Å². The van der Waals surface area contributed by atoms with Crippen LogP contribution in [0, 0.1) is 6.92 Å². The van der Waals surface area contributed by atoms with E-state index in [4.69, 9.17) is 21.1 Å². The van der Waals surface area contributed by atoms with E-state index < -0.39 is 0 Å². The van der Waals surface area contributed by atoms with Crippen LogP contribution in [0.4, 0.5) is 4.79 Å². The van der Waals surface area contributed by atoms with Crippen molar-refractivity contribution in [1.29, 1.82) is 0 Å². The van der Waals surface area contributed by atoms with E-state index in [1.165, 1.54) is 10.5 Å². The molecule has 0 radical (unpaired) electrons. The maximum Gasteiger partial charge on any atom is 0.293 e. The highest BCUT2D eigenvalue weighted by atomic mass is 35.5. The molecule has 0 saturated carbocycles. The summed E-state index contributed by atoms with van der Waals surface area (Å²) in [6.45, 7) is 2.93. The number of rotatable bonds is 8. The lowest BCUT2D eigenvalue weighted by atomic mass is 10.1. The molecule has 3 aromatic rings. The first-order valence-electron chi connectivity index (χ1n) is 10.4. The molecule has 0 aliphatic carbocycles. The molecule has 7 heteroatoms. The van der Waals surface area contributed by atoms with Gasteiger partial charge in [-0.15, -0.1) is 0 Å². The van der Waals surface area contributed by atoms with Crippen molar-refractivity contribution in [1.82, 2.24) is 4.90 Å². The molecule has 1 saturated heterocycles. The molecule has 1 aliphatic heterocycles. The van der Waals surface area contributed by atoms with Crippen molar-refractivity contribution in [2.24, 2.45) is 0 Å². The number of hydrogen-bond acceptors (Lipinski definition) is 5. The van der Waals surface area contributed by atoms with Crippen LogP contribution >= 0.6 is 23.4 Å². The lowest BCUT2D eigenvalue weighted by molar-refractivity contribution is -0.123. The first-order chi connectivity index (χ1) is 16.0. The molecule has 1 heterocycles. The van der Waals surface area contributed by atoms with E-state index in [0.29, 0.717) is 22.3 Å². The van der Waals surface area contributed by atoms with Crippen molar-refractivity contribution < 1.29 is 19.1 Å². The summed E-state index contributed by atoms with van der Waals surface area (Å²) in [7, 11) is 0. The quantitative estimate of drug-likeness (QED) is 0.353. The summed E-state index contributed by atoms with van der Waals surface area (Å²) in [5, 5.41) is 0.313. The molecule has 168 valence electrons. The zero-order valence-corrected chi connectivity index (χ0v) is 19.6. The molecular weight excluding hydrogens is 458 g/mol. The summed E-state index contributed by atoms with van der Waals surface area (Å²) >= 11 is 6.79. The van der Waals surface area contributed by atoms with E-state index in [2.05, 4.69) is 13.0 Å². The van der Waals surface area contributed by atoms with Gasteiger partial charge in [-0.3, -0.25) is 14.5 Å². The van der Waals surface area contributed by atoms with Gasteiger partial charge in [-0.05, 0) is 77.9 Å². The summed E-state index contributed by atoms with van der Waals surface area (Å²) in [4.78, 5) is 26.6. The Kier molecular flexibility index (Phi) is 7.37. The Hall–Kier alpha value is -3.22. The number of halogens is 1. The first-order valence-corrected chi connectivity index (χ1v) is 11.6. The minimum atomic E-state index is -0.315.